The fourth-order valence-corrected chi connectivity index (χ4v) is 3.70. The Bertz CT molecular complexity index is 927. The maximum atomic E-state index is 13.1. The molecule has 2 aromatic rings. The summed E-state index contributed by atoms with van der Waals surface area (Å²) in [7, 11) is 0. The number of aromatic nitrogens is 3. The van der Waals surface area contributed by atoms with E-state index in [0.717, 1.165) is 35.0 Å². The summed E-state index contributed by atoms with van der Waals surface area (Å²) in [5.41, 5.74) is -0.131. The first-order chi connectivity index (χ1) is 13.0. The van der Waals surface area contributed by atoms with E-state index in [9.17, 15) is 18.8 Å². The van der Waals surface area contributed by atoms with Crippen LogP contribution in [-0.4, -0.2) is 32.3 Å². The van der Waals surface area contributed by atoms with Crippen LogP contribution in [0.5, 0.6) is 0 Å². The molecule has 0 atom stereocenters. The molecule has 0 spiro atoms. The van der Waals surface area contributed by atoms with Gasteiger partial charge in [0, 0.05) is 11.7 Å². The Morgan fingerprint density at radius 2 is 1.85 bits per heavy atom. The van der Waals surface area contributed by atoms with E-state index in [0.29, 0.717) is 5.69 Å². The number of carbonyl (C=O) groups is 2. The molecule has 0 bridgehead atoms. The summed E-state index contributed by atoms with van der Waals surface area (Å²) in [5.74, 6) is -0.445. The van der Waals surface area contributed by atoms with E-state index < -0.39 is 17.5 Å². The van der Waals surface area contributed by atoms with Crippen LogP contribution in [0.25, 0.3) is 0 Å². The Balaban J connectivity index is 1.52. The molecule has 1 fully saturated rings. The smallest absolute Gasteiger partial charge is 0.352 e. The summed E-state index contributed by atoms with van der Waals surface area (Å²) in [6.07, 6.45) is 5.21. The predicted octanol–water partition coefficient (Wildman–Crippen LogP) is 1.62. The highest BCUT2D eigenvalue weighted by Crippen LogP contribution is 2.23. The second kappa shape index (κ2) is 6.98. The van der Waals surface area contributed by atoms with Crippen LogP contribution in [0.4, 0.5) is 14.9 Å². The van der Waals surface area contributed by atoms with Crippen LogP contribution < -0.4 is 15.9 Å². The fourth-order valence-electron chi connectivity index (χ4n) is 3.70. The van der Waals surface area contributed by atoms with Gasteiger partial charge >= 0.3 is 11.7 Å². The van der Waals surface area contributed by atoms with Gasteiger partial charge in [0.1, 0.15) is 12.4 Å². The van der Waals surface area contributed by atoms with Crippen LogP contribution in [-0.2, 0) is 17.9 Å². The summed E-state index contributed by atoms with van der Waals surface area (Å²) in [4.78, 5) is 42.5. The van der Waals surface area contributed by atoms with Gasteiger partial charge in [0.2, 0.25) is 5.91 Å². The van der Waals surface area contributed by atoms with Crippen molar-refractivity contribution in [2.75, 3.05) is 4.90 Å². The molecule has 0 unspecified atom stereocenters. The van der Waals surface area contributed by atoms with Crippen LogP contribution in [0, 0.1) is 5.82 Å². The molecule has 1 saturated carbocycles. The third kappa shape index (κ3) is 3.36. The average molecular weight is 373 g/mol. The summed E-state index contributed by atoms with van der Waals surface area (Å²) >= 11 is 0. The highest BCUT2D eigenvalue weighted by atomic mass is 19.1. The van der Waals surface area contributed by atoms with Crippen molar-refractivity contribution in [2.45, 2.75) is 51.2 Å². The molecule has 1 aromatic heterocycles. The topological polar surface area (TPSA) is 89.2 Å². The van der Waals surface area contributed by atoms with Crippen molar-refractivity contribution in [3.05, 3.63) is 46.4 Å². The molecular weight excluding hydrogens is 353 g/mol. The zero-order valence-electron chi connectivity index (χ0n) is 14.7. The summed E-state index contributed by atoms with van der Waals surface area (Å²) in [6.45, 7) is -0.164. The second-order valence-corrected chi connectivity index (χ2v) is 6.93. The molecule has 0 saturated heterocycles. The minimum absolute atomic E-state index is 0.0942. The molecule has 9 heteroatoms. The van der Waals surface area contributed by atoms with Crippen molar-refractivity contribution in [1.82, 2.24) is 19.7 Å². The lowest BCUT2D eigenvalue weighted by Crippen LogP contribution is -2.42. The van der Waals surface area contributed by atoms with Gasteiger partial charge < -0.3 is 5.32 Å². The van der Waals surface area contributed by atoms with E-state index >= 15 is 0 Å². The molecule has 1 aromatic carbocycles. The number of hydrogen-bond acceptors (Lipinski definition) is 4. The van der Waals surface area contributed by atoms with Gasteiger partial charge in [0.05, 0.1) is 6.54 Å². The van der Waals surface area contributed by atoms with Crippen molar-refractivity contribution in [1.29, 1.82) is 0 Å². The summed E-state index contributed by atoms with van der Waals surface area (Å²) < 4.78 is 15.3. The Hall–Kier alpha value is -2.97. The highest BCUT2D eigenvalue weighted by Gasteiger charge is 2.34. The first-order valence-corrected chi connectivity index (χ1v) is 9.08. The number of carbonyl (C=O) groups excluding carboxylic acids is 2. The number of benzene rings is 1. The lowest BCUT2D eigenvalue weighted by Gasteiger charge is -2.23. The van der Waals surface area contributed by atoms with E-state index in [2.05, 4.69) is 10.3 Å². The molecule has 2 heterocycles. The maximum absolute atomic E-state index is 13.1. The number of halogens is 1. The SMILES string of the molecule is O=C(Cn1c(=O)nc2n1C(=O)N(c1ccc(F)cc1)C2)NC1CCCCC1. The number of fused-ring (bicyclic) bond motifs is 1. The van der Waals surface area contributed by atoms with Crippen molar-refractivity contribution in [3.8, 4) is 0 Å². The third-order valence-corrected chi connectivity index (χ3v) is 5.05. The average Bonchev–Trinajstić information content (AvgIpc) is 3.13. The van der Waals surface area contributed by atoms with Crippen LogP contribution in [0.1, 0.15) is 37.9 Å². The largest absolute Gasteiger partial charge is 0.365 e. The lowest BCUT2D eigenvalue weighted by molar-refractivity contribution is -0.122. The normalized spacial score (nSPS) is 17.2. The van der Waals surface area contributed by atoms with Crippen LogP contribution in [0.3, 0.4) is 0 Å². The van der Waals surface area contributed by atoms with Gasteiger partial charge in [-0.15, -0.1) is 0 Å². The molecule has 27 heavy (non-hydrogen) atoms. The Morgan fingerprint density at radius 1 is 1.15 bits per heavy atom. The van der Waals surface area contributed by atoms with Gasteiger partial charge in [-0.05, 0) is 37.1 Å². The van der Waals surface area contributed by atoms with Crippen LogP contribution >= 0.6 is 0 Å². The van der Waals surface area contributed by atoms with E-state index in [1.54, 1.807) is 0 Å². The molecular formula is C18H20FN5O3. The molecule has 2 aliphatic rings. The first-order valence-electron chi connectivity index (χ1n) is 9.08. The van der Waals surface area contributed by atoms with Gasteiger partial charge in [-0.1, -0.05) is 19.3 Å². The number of anilines is 1. The molecule has 0 radical (unpaired) electrons. The van der Waals surface area contributed by atoms with Crippen molar-refractivity contribution in [3.63, 3.8) is 0 Å². The summed E-state index contributed by atoms with van der Waals surface area (Å²) in [6, 6.07) is 5.12. The molecule has 1 aliphatic heterocycles. The Morgan fingerprint density at radius 3 is 2.56 bits per heavy atom. The van der Waals surface area contributed by atoms with Crippen molar-refractivity contribution >= 4 is 17.6 Å². The van der Waals surface area contributed by atoms with Crippen LogP contribution in [0.15, 0.2) is 29.1 Å². The molecule has 2 amide bonds. The Labute approximate surface area is 154 Å². The predicted molar refractivity (Wildman–Crippen MR) is 94.9 cm³/mol. The number of amides is 2. The zero-order valence-corrected chi connectivity index (χ0v) is 14.7. The lowest BCUT2D eigenvalue weighted by atomic mass is 9.95. The van der Waals surface area contributed by atoms with E-state index in [4.69, 9.17) is 0 Å². The minimum atomic E-state index is -0.629. The first kappa shape index (κ1) is 17.4. The number of nitrogens with zero attached hydrogens (tertiary/aromatic N) is 4. The highest BCUT2D eigenvalue weighted by molar-refractivity contribution is 5.95. The molecule has 4 rings (SSSR count). The van der Waals surface area contributed by atoms with E-state index in [1.165, 1.54) is 35.6 Å². The quantitative estimate of drug-likeness (QED) is 0.882. The Kier molecular flexibility index (Phi) is 4.51. The van der Waals surface area contributed by atoms with Crippen molar-refractivity contribution in [2.24, 2.45) is 0 Å². The number of nitrogens with one attached hydrogen (secondary N) is 1. The monoisotopic (exact) mass is 373 g/mol. The molecule has 8 nitrogen and oxygen atoms in total. The minimum Gasteiger partial charge on any atom is -0.352 e. The van der Waals surface area contributed by atoms with Crippen molar-refractivity contribution < 1.29 is 14.0 Å². The third-order valence-electron chi connectivity index (χ3n) is 5.05. The fraction of sp³-hybridized carbons (Fsp3) is 0.444. The van der Waals surface area contributed by atoms with Gasteiger partial charge in [0.25, 0.3) is 0 Å². The number of hydrogen-bond donors (Lipinski definition) is 1. The number of rotatable bonds is 4. The van der Waals surface area contributed by atoms with Gasteiger partial charge in [-0.3, -0.25) is 9.69 Å². The molecule has 1 N–H and O–H groups in total. The summed E-state index contributed by atoms with van der Waals surface area (Å²) in [5, 5.41) is 2.93. The molecule has 142 valence electrons. The zero-order chi connectivity index (χ0) is 19.0. The van der Waals surface area contributed by atoms with Gasteiger partial charge in [0.15, 0.2) is 5.82 Å². The standard InChI is InChI=1S/C18H20FN5O3/c19-12-6-8-14(9-7-12)22-10-15-21-17(26)23(24(15)18(22)27)11-16(25)20-13-4-2-1-3-5-13/h6-9,13H,1-5,10-11H2,(H,20,25). The van der Waals surface area contributed by atoms with E-state index in [-0.39, 0.29) is 30.9 Å². The van der Waals surface area contributed by atoms with Gasteiger partial charge in [-0.25, -0.2) is 18.7 Å². The second-order valence-electron chi connectivity index (χ2n) is 6.93. The van der Waals surface area contributed by atoms with Gasteiger partial charge in [-0.2, -0.15) is 9.67 Å². The van der Waals surface area contributed by atoms with E-state index in [1.807, 2.05) is 0 Å². The maximum Gasteiger partial charge on any atom is 0.365 e. The van der Waals surface area contributed by atoms with Crippen LogP contribution in [0.2, 0.25) is 0 Å². The molecule has 1 aliphatic carbocycles.